The Morgan fingerprint density at radius 2 is 2.06 bits per heavy atom. The Balaban J connectivity index is 2.82. The molecule has 0 fully saturated rings. The number of aromatic nitrogens is 2. The maximum atomic E-state index is 6.10. The quantitative estimate of drug-likeness (QED) is 0.739. The van der Waals surface area contributed by atoms with E-state index in [-0.39, 0.29) is 0 Å². The summed E-state index contributed by atoms with van der Waals surface area (Å²) in [6.45, 7) is 4.15. The van der Waals surface area contributed by atoms with E-state index in [4.69, 9.17) is 34.8 Å². The van der Waals surface area contributed by atoms with Gasteiger partial charge in [0, 0.05) is 6.20 Å². The lowest BCUT2D eigenvalue weighted by molar-refractivity contribution is 0.818. The van der Waals surface area contributed by atoms with Crippen molar-refractivity contribution in [1.29, 1.82) is 0 Å². The summed E-state index contributed by atoms with van der Waals surface area (Å²) < 4.78 is 1.87. The van der Waals surface area contributed by atoms with Crippen molar-refractivity contribution in [3.8, 4) is 0 Å². The van der Waals surface area contributed by atoms with Crippen LogP contribution in [0.15, 0.2) is 12.3 Å². The lowest BCUT2D eigenvalue weighted by Gasteiger charge is -2.03. The SMILES string of the molecule is CC(C)c1nc2c(Cl)cc(Cl)cn2c1CCl. The molecule has 2 aromatic rings. The smallest absolute Gasteiger partial charge is 0.156 e. The van der Waals surface area contributed by atoms with Gasteiger partial charge in [-0.1, -0.05) is 37.0 Å². The topological polar surface area (TPSA) is 17.3 Å². The summed E-state index contributed by atoms with van der Waals surface area (Å²) in [6.07, 6.45) is 1.79. The van der Waals surface area contributed by atoms with E-state index in [1.807, 2.05) is 4.40 Å². The van der Waals surface area contributed by atoms with Gasteiger partial charge in [-0.3, -0.25) is 4.40 Å². The Hall–Kier alpha value is -0.440. The van der Waals surface area contributed by atoms with Crippen LogP contribution in [-0.4, -0.2) is 9.38 Å². The maximum absolute atomic E-state index is 6.10. The second-order valence-corrected chi connectivity index (χ2v) is 5.04. The predicted octanol–water partition coefficient (Wildman–Crippen LogP) is 4.50. The summed E-state index contributed by atoms with van der Waals surface area (Å²) in [5.41, 5.74) is 2.64. The van der Waals surface area contributed by atoms with E-state index >= 15 is 0 Å². The Bertz CT molecular complexity index is 531. The number of nitrogens with zero attached hydrogens (tertiary/aromatic N) is 2. The zero-order valence-corrected chi connectivity index (χ0v) is 11.2. The van der Waals surface area contributed by atoms with Crippen LogP contribution in [0.5, 0.6) is 0 Å². The van der Waals surface area contributed by atoms with Gasteiger partial charge in [0.15, 0.2) is 5.65 Å². The number of halogens is 3. The van der Waals surface area contributed by atoms with E-state index in [9.17, 15) is 0 Å². The van der Waals surface area contributed by atoms with Crippen LogP contribution >= 0.6 is 34.8 Å². The molecule has 0 aromatic carbocycles. The number of pyridine rings is 1. The molecule has 16 heavy (non-hydrogen) atoms. The van der Waals surface area contributed by atoms with Crippen molar-refractivity contribution < 1.29 is 0 Å². The summed E-state index contributed by atoms with van der Waals surface area (Å²) in [7, 11) is 0. The molecule has 0 spiro atoms. The number of alkyl halides is 1. The van der Waals surface area contributed by atoms with Crippen molar-refractivity contribution in [2.24, 2.45) is 0 Å². The fraction of sp³-hybridized carbons (Fsp3) is 0.364. The van der Waals surface area contributed by atoms with Gasteiger partial charge in [-0.15, -0.1) is 11.6 Å². The average molecular weight is 278 g/mol. The summed E-state index contributed by atoms with van der Waals surface area (Å²) in [6, 6.07) is 1.69. The van der Waals surface area contributed by atoms with Gasteiger partial charge < -0.3 is 0 Å². The van der Waals surface area contributed by atoms with Gasteiger partial charge in [0.05, 0.1) is 27.3 Å². The molecule has 0 atom stereocenters. The molecule has 0 aliphatic heterocycles. The number of hydrogen-bond acceptors (Lipinski definition) is 1. The fourth-order valence-electron chi connectivity index (χ4n) is 1.73. The zero-order chi connectivity index (χ0) is 11.9. The van der Waals surface area contributed by atoms with E-state index < -0.39 is 0 Å². The highest BCUT2D eigenvalue weighted by atomic mass is 35.5. The molecule has 2 aromatic heterocycles. The molecule has 0 aliphatic rings. The molecular weight excluding hydrogens is 266 g/mol. The van der Waals surface area contributed by atoms with E-state index in [1.54, 1.807) is 12.3 Å². The second-order valence-electron chi connectivity index (χ2n) is 3.93. The van der Waals surface area contributed by atoms with E-state index in [1.165, 1.54) is 0 Å². The van der Waals surface area contributed by atoms with Crippen LogP contribution in [0.1, 0.15) is 31.2 Å². The number of imidazole rings is 1. The summed E-state index contributed by atoms with van der Waals surface area (Å²) >= 11 is 18.0. The highest BCUT2D eigenvalue weighted by Crippen LogP contribution is 2.28. The third-order valence-corrected chi connectivity index (χ3v) is 3.18. The molecule has 2 nitrogen and oxygen atoms in total. The van der Waals surface area contributed by atoms with E-state index in [0.717, 1.165) is 11.4 Å². The van der Waals surface area contributed by atoms with Gasteiger partial charge >= 0.3 is 0 Å². The monoisotopic (exact) mass is 276 g/mol. The van der Waals surface area contributed by atoms with Gasteiger partial charge in [0.2, 0.25) is 0 Å². The minimum atomic E-state index is 0.309. The van der Waals surface area contributed by atoms with Crippen molar-refractivity contribution in [3.63, 3.8) is 0 Å². The van der Waals surface area contributed by atoms with Crippen LogP contribution in [-0.2, 0) is 5.88 Å². The Kier molecular flexibility index (Phi) is 3.34. The molecule has 86 valence electrons. The number of fused-ring (bicyclic) bond motifs is 1. The molecule has 0 saturated carbocycles. The number of hydrogen-bond donors (Lipinski definition) is 0. The van der Waals surface area contributed by atoms with Crippen LogP contribution in [0.2, 0.25) is 10.0 Å². The Morgan fingerprint density at radius 1 is 1.38 bits per heavy atom. The van der Waals surface area contributed by atoms with E-state index in [2.05, 4.69) is 18.8 Å². The van der Waals surface area contributed by atoms with Crippen LogP contribution in [0, 0.1) is 0 Å². The molecule has 5 heteroatoms. The first kappa shape index (κ1) is 12.0. The first-order chi connectivity index (χ1) is 7.54. The second kappa shape index (κ2) is 4.44. The summed E-state index contributed by atoms with van der Waals surface area (Å²) in [5, 5.41) is 1.13. The summed E-state index contributed by atoms with van der Waals surface area (Å²) in [4.78, 5) is 4.51. The van der Waals surface area contributed by atoms with E-state index in [0.29, 0.717) is 27.5 Å². The predicted molar refractivity (Wildman–Crippen MR) is 68.9 cm³/mol. The molecule has 0 N–H and O–H groups in total. The summed E-state index contributed by atoms with van der Waals surface area (Å²) in [5.74, 6) is 0.703. The standard InChI is InChI=1S/C11H11Cl3N2/c1-6(2)10-9(4-12)16-5-7(13)3-8(14)11(16)15-10/h3,5-6H,4H2,1-2H3. The zero-order valence-electron chi connectivity index (χ0n) is 8.97. The average Bonchev–Trinajstić information content (AvgIpc) is 2.56. The molecule has 0 amide bonds. The molecule has 2 heterocycles. The fourth-order valence-corrected chi connectivity index (χ4v) is 2.51. The third-order valence-electron chi connectivity index (χ3n) is 2.45. The van der Waals surface area contributed by atoms with Gasteiger partial charge in [-0.2, -0.15) is 0 Å². The minimum absolute atomic E-state index is 0.309. The molecular formula is C11H11Cl3N2. The maximum Gasteiger partial charge on any atom is 0.156 e. The van der Waals surface area contributed by atoms with Crippen LogP contribution in [0.25, 0.3) is 5.65 Å². The normalized spacial score (nSPS) is 11.6. The highest BCUT2D eigenvalue weighted by molar-refractivity contribution is 6.36. The van der Waals surface area contributed by atoms with Crippen LogP contribution in [0.3, 0.4) is 0 Å². The number of rotatable bonds is 2. The Labute approximate surface area is 109 Å². The van der Waals surface area contributed by atoms with Crippen LogP contribution < -0.4 is 0 Å². The van der Waals surface area contributed by atoms with Crippen molar-refractivity contribution in [2.75, 3.05) is 0 Å². The lowest BCUT2D eigenvalue weighted by atomic mass is 10.1. The Morgan fingerprint density at radius 3 is 2.62 bits per heavy atom. The molecule has 0 radical (unpaired) electrons. The van der Waals surface area contributed by atoms with Crippen LogP contribution in [0.4, 0.5) is 0 Å². The molecule has 0 saturated heterocycles. The third kappa shape index (κ3) is 1.90. The molecule has 0 unspecified atom stereocenters. The van der Waals surface area contributed by atoms with Crippen molar-refractivity contribution >= 4 is 40.4 Å². The van der Waals surface area contributed by atoms with Crippen molar-refractivity contribution in [2.45, 2.75) is 25.6 Å². The van der Waals surface area contributed by atoms with Gasteiger partial charge in [-0.25, -0.2) is 4.98 Å². The molecule has 2 rings (SSSR count). The minimum Gasteiger partial charge on any atom is -0.300 e. The largest absolute Gasteiger partial charge is 0.300 e. The highest BCUT2D eigenvalue weighted by Gasteiger charge is 2.16. The first-order valence-corrected chi connectivity index (χ1v) is 6.25. The van der Waals surface area contributed by atoms with Gasteiger partial charge in [0.1, 0.15) is 0 Å². The molecule has 0 aliphatic carbocycles. The first-order valence-electron chi connectivity index (χ1n) is 4.96. The van der Waals surface area contributed by atoms with Gasteiger partial charge in [-0.05, 0) is 12.0 Å². The van der Waals surface area contributed by atoms with Gasteiger partial charge in [0.25, 0.3) is 0 Å². The lowest BCUT2D eigenvalue weighted by Crippen LogP contribution is -1.95. The van der Waals surface area contributed by atoms with Crippen molar-refractivity contribution in [3.05, 3.63) is 33.7 Å². The van der Waals surface area contributed by atoms with Crippen molar-refractivity contribution in [1.82, 2.24) is 9.38 Å². The molecule has 0 bridgehead atoms.